The van der Waals surface area contributed by atoms with E-state index < -0.39 is 11.7 Å². The number of halogens is 1. The summed E-state index contributed by atoms with van der Waals surface area (Å²) in [6.45, 7) is 0.322. The molecule has 2 aromatic rings. The zero-order valence-corrected chi connectivity index (χ0v) is 11.2. The molecule has 5 nitrogen and oxygen atoms in total. The first-order valence-corrected chi connectivity index (χ1v) is 6.32. The fourth-order valence-electron chi connectivity index (χ4n) is 1.72. The first-order valence-electron chi connectivity index (χ1n) is 6.32. The number of benzene rings is 2. The molecule has 0 radical (unpaired) electrons. The lowest BCUT2D eigenvalue weighted by Gasteiger charge is -2.11. The fourth-order valence-corrected chi connectivity index (χ4v) is 1.72. The highest BCUT2D eigenvalue weighted by Crippen LogP contribution is 2.18. The minimum Gasteiger partial charge on any atom is -0.489 e. The van der Waals surface area contributed by atoms with Crippen molar-refractivity contribution in [2.75, 3.05) is 13.2 Å². The third-order valence-electron chi connectivity index (χ3n) is 2.70. The van der Waals surface area contributed by atoms with E-state index in [0.717, 1.165) is 0 Å². The Hall–Kier alpha value is -2.60. The van der Waals surface area contributed by atoms with E-state index in [4.69, 9.17) is 15.3 Å². The average Bonchev–Trinajstić information content (AvgIpc) is 2.52. The van der Waals surface area contributed by atoms with Crippen LogP contribution in [0, 0.1) is 5.82 Å². The molecule has 2 rings (SSSR count). The fraction of sp³-hybridized carbons (Fsp3) is 0.133. The first kappa shape index (κ1) is 14.8. The molecule has 0 heterocycles. The molecule has 0 aliphatic carbocycles. The summed E-state index contributed by atoms with van der Waals surface area (Å²) in [6, 6.07) is 12.8. The summed E-state index contributed by atoms with van der Waals surface area (Å²) < 4.78 is 24.0. The van der Waals surface area contributed by atoms with Crippen molar-refractivity contribution in [1.29, 1.82) is 0 Å². The molecule has 0 saturated carbocycles. The number of carbonyl (C=O) groups is 1. The Balaban J connectivity index is 1.90. The monoisotopic (exact) mass is 290 g/mol. The summed E-state index contributed by atoms with van der Waals surface area (Å²) in [6.07, 6.45) is 0. The lowest BCUT2D eigenvalue weighted by molar-refractivity contribution is 0.0948. The second-order valence-corrected chi connectivity index (χ2v) is 4.10. The Morgan fingerprint density at radius 2 is 1.57 bits per heavy atom. The van der Waals surface area contributed by atoms with Crippen LogP contribution in [-0.2, 0) is 0 Å². The van der Waals surface area contributed by atoms with E-state index in [2.05, 4.69) is 0 Å². The molecule has 0 atom stereocenters. The number of rotatable bonds is 6. The number of hydrazine groups is 1. The van der Waals surface area contributed by atoms with Crippen LogP contribution in [0.1, 0.15) is 10.4 Å². The van der Waals surface area contributed by atoms with Gasteiger partial charge in [-0.3, -0.25) is 10.2 Å². The molecule has 2 aromatic carbocycles. The zero-order chi connectivity index (χ0) is 15.1. The molecular formula is C15H15FN2O3. The largest absolute Gasteiger partial charge is 0.489 e. The molecule has 0 bridgehead atoms. The number of carbonyl (C=O) groups excluding carboxylic acids is 1. The van der Waals surface area contributed by atoms with E-state index in [9.17, 15) is 9.18 Å². The van der Waals surface area contributed by atoms with Gasteiger partial charge in [0.05, 0.1) is 5.56 Å². The van der Waals surface area contributed by atoms with Gasteiger partial charge in [-0.05, 0) is 24.3 Å². The molecule has 0 aromatic heterocycles. The Morgan fingerprint density at radius 3 is 2.24 bits per heavy atom. The van der Waals surface area contributed by atoms with Crippen molar-refractivity contribution in [3.8, 4) is 11.5 Å². The molecule has 0 aliphatic heterocycles. The van der Waals surface area contributed by atoms with Crippen LogP contribution < -0.4 is 20.7 Å². The van der Waals surface area contributed by atoms with Gasteiger partial charge in [-0.25, -0.2) is 10.2 Å². The van der Waals surface area contributed by atoms with Crippen LogP contribution in [0.15, 0.2) is 48.5 Å². The van der Waals surface area contributed by atoms with Gasteiger partial charge < -0.3 is 9.47 Å². The van der Waals surface area contributed by atoms with E-state index in [1.807, 2.05) is 5.43 Å². The zero-order valence-electron chi connectivity index (χ0n) is 11.2. The molecule has 110 valence electrons. The second kappa shape index (κ2) is 7.25. The average molecular weight is 290 g/mol. The number of hydrogen-bond acceptors (Lipinski definition) is 4. The molecule has 0 unspecified atom stereocenters. The smallest absolute Gasteiger partial charge is 0.268 e. The van der Waals surface area contributed by atoms with Crippen molar-refractivity contribution in [3.63, 3.8) is 0 Å². The first-order chi connectivity index (χ1) is 10.2. The molecular weight excluding hydrogens is 275 g/mol. The standard InChI is InChI=1S/C15H15FN2O3/c16-12-6-2-4-8-14(12)21-10-9-20-13-7-3-1-5-11(13)15(19)18-17/h1-8H,9-10,17H2,(H,18,19). The van der Waals surface area contributed by atoms with Crippen LogP contribution in [0.2, 0.25) is 0 Å². The number of hydrogen-bond donors (Lipinski definition) is 2. The van der Waals surface area contributed by atoms with E-state index >= 15 is 0 Å². The Kier molecular flexibility index (Phi) is 5.11. The van der Waals surface area contributed by atoms with E-state index in [1.54, 1.807) is 36.4 Å². The number of ether oxygens (including phenoxy) is 2. The molecule has 1 amide bonds. The maximum atomic E-state index is 13.3. The van der Waals surface area contributed by atoms with Crippen LogP contribution in [0.3, 0.4) is 0 Å². The van der Waals surface area contributed by atoms with Gasteiger partial charge >= 0.3 is 0 Å². The molecule has 0 aliphatic rings. The lowest BCUT2D eigenvalue weighted by atomic mass is 10.2. The summed E-state index contributed by atoms with van der Waals surface area (Å²) in [5, 5.41) is 0. The van der Waals surface area contributed by atoms with Crippen LogP contribution in [0.5, 0.6) is 11.5 Å². The van der Waals surface area contributed by atoms with Crippen LogP contribution in [-0.4, -0.2) is 19.1 Å². The molecule has 6 heteroatoms. The quantitative estimate of drug-likeness (QED) is 0.369. The van der Waals surface area contributed by atoms with Gasteiger partial charge in [-0.1, -0.05) is 24.3 Å². The van der Waals surface area contributed by atoms with Gasteiger partial charge in [0.2, 0.25) is 0 Å². The third kappa shape index (κ3) is 3.93. The highest BCUT2D eigenvalue weighted by molar-refractivity contribution is 5.96. The number of nitrogen functional groups attached to an aromatic ring is 1. The number of nitrogens with one attached hydrogen (secondary N) is 1. The van der Waals surface area contributed by atoms with Crippen molar-refractivity contribution in [2.24, 2.45) is 5.84 Å². The SMILES string of the molecule is NNC(=O)c1ccccc1OCCOc1ccccc1F. The number of amides is 1. The third-order valence-corrected chi connectivity index (χ3v) is 2.70. The highest BCUT2D eigenvalue weighted by atomic mass is 19.1. The number of para-hydroxylation sites is 2. The predicted molar refractivity (Wildman–Crippen MR) is 75.5 cm³/mol. The van der Waals surface area contributed by atoms with Crippen LogP contribution in [0.25, 0.3) is 0 Å². The van der Waals surface area contributed by atoms with Crippen molar-refractivity contribution in [3.05, 3.63) is 59.9 Å². The summed E-state index contributed by atoms with van der Waals surface area (Å²) in [4.78, 5) is 11.5. The molecule has 0 spiro atoms. The van der Waals surface area contributed by atoms with Gasteiger partial charge in [0, 0.05) is 0 Å². The van der Waals surface area contributed by atoms with Gasteiger partial charge in [0.25, 0.3) is 5.91 Å². The van der Waals surface area contributed by atoms with Crippen LogP contribution in [0.4, 0.5) is 4.39 Å². The molecule has 3 N–H and O–H groups in total. The predicted octanol–water partition coefficient (Wildman–Crippen LogP) is 1.89. The summed E-state index contributed by atoms with van der Waals surface area (Å²) in [5.74, 6) is 4.77. The topological polar surface area (TPSA) is 73.6 Å². The normalized spacial score (nSPS) is 10.0. The Labute approximate surface area is 121 Å². The van der Waals surface area contributed by atoms with Crippen molar-refractivity contribution in [1.82, 2.24) is 5.43 Å². The maximum Gasteiger partial charge on any atom is 0.268 e. The minimum atomic E-state index is -0.444. The molecule has 21 heavy (non-hydrogen) atoms. The summed E-state index contributed by atoms with van der Waals surface area (Å²) >= 11 is 0. The van der Waals surface area contributed by atoms with E-state index in [-0.39, 0.29) is 19.0 Å². The summed E-state index contributed by atoms with van der Waals surface area (Å²) in [7, 11) is 0. The highest BCUT2D eigenvalue weighted by Gasteiger charge is 2.10. The van der Waals surface area contributed by atoms with Crippen LogP contribution >= 0.6 is 0 Å². The molecule has 0 saturated heterocycles. The van der Waals surface area contributed by atoms with Gasteiger partial charge in [-0.15, -0.1) is 0 Å². The Bertz CT molecular complexity index is 619. The van der Waals surface area contributed by atoms with Crippen molar-refractivity contribution >= 4 is 5.91 Å². The lowest BCUT2D eigenvalue weighted by Crippen LogP contribution is -2.30. The van der Waals surface area contributed by atoms with E-state index in [0.29, 0.717) is 11.3 Å². The summed E-state index contributed by atoms with van der Waals surface area (Å²) in [5.41, 5.74) is 2.37. The Morgan fingerprint density at radius 1 is 1.00 bits per heavy atom. The van der Waals surface area contributed by atoms with Crippen molar-refractivity contribution in [2.45, 2.75) is 0 Å². The van der Waals surface area contributed by atoms with E-state index in [1.165, 1.54) is 12.1 Å². The minimum absolute atomic E-state index is 0.152. The van der Waals surface area contributed by atoms with Gasteiger partial charge in [-0.2, -0.15) is 0 Å². The molecule has 0 fully saturated rings. The van der Waals surface area contributed by atoms with Crippen molar-refractivity contribution < 1.29 is 18.7 Å². The number of nitrogens with two attached hydrogens (primary N) is 1. The van der Waals surface area contributed by atoms with Gasteiger partial charge in [0.1, 0.15) is 19.0 Å². The van der Waals surface area contributed by atoms with Gasteiger partial charge in [0.15, 0.2) is 11.6 Å². The second-order valence-electron chi connectivity index (χ2n) is 4.10. The maximum absolute atomic E-state index is 13.3.